The van der Waals surface area contributed by atoms with Crippen molar-refractivity contribution >= 4 is 52.5 Å². The fraction of sp³-hybridized carbons (Fsp3) is 0.304. The van der Waals surface area contributed by atoms with Crippen molar-refractivity contribution in [2.75, 3.05) is 18.2 Å². The Hall–Kier alpha value is -2.75. The van der Waals surface area contributed by atoms with Crippen molar-refractivity contribution < 1.29 is 14.3 Å². The number of rotatable bonds is 9. The molecule has 0 spiro atoms. The minimum Gasteiger partial charge on any atom is -0.495 e. The van der Waals surface area contributed by atoms with Crippen LogP contribution in [0, 0.1) is 5.92 Å². The second-order valence-corrected chi connectivity index (χ2v) is 9.54. The molecule has 0 bridgehead atoms. The average molecular weight is 522 g/mol. The highest BCUT2D eigenvalue weighted by molar-refractivity contribution is 7.99. The van der Waals surface area contributed by atoms with Gasteiger partial charge in [0.15, 0.2) is 11.0 Å². The van der Waals surface area contributed by atoms with E-state index in [2.05, 4.69) is 20.8 Å². The number of anilines is 1. The molecule has 0 fully saturated rings. The highest BCUT2D eigenvalue weighted by Gasteiger charge is 2.26. The number of hydrogen-bond donors (Lipinski definition) is 2. The first-order chi connectivity index (χ1) is 16.2. The molecule has 2 N–H and O–H groups in total. The van der Waals surface area contributed by atoms with E-state index in [0.29, 0.717) is 38.0 Å². The lowest BCUT2D eigenvalue weighted by molar-refractivity contribution is -0.113. The van der Waals surface area contributed by atoms with Crippen LogP contribution in [-0.2, 0) is 11.8 Å². The first kappa shape index (κ1) is 25.9. The van der Waals surface area contributed by atoms with Gasteiger partial charge in [0.1, 0.15) is 5.75 Å². The Labute approximate surface area is 212 Å². The molecule has 1 heterocycles. The number of carbonyl (C=O) groups excluding carboxylic acids is 2. The van der Waals surface area contributed by atoms with E-state index < -0.39 is 6.04 Å². The smallest absolute Gasteiger partial charge is 0.253 e. The molecule has 0 radical (unpaired) electrons. The minimum absolute atomic E-state index is 0.0331. The summed E-state index contributed by atoms with van der Waals surface area (Å²) >= 11 is 13.4. The van der Waals surface area contributed by atoms with E-state index >= 15 is 0 Å². The van der Waals surface area contributed by atoms with Gasteiger partial charge in [0.05, 0.1) is 35.2 Å². The van der Waals surface area contributed by atoms with Gasteiger partial charge in [0.25, 0.3) is 5.91 Å². The Morgan fingerprint density at radius 1 is 1.15 bits per heavy atom. The third-order valence-corrected chi connectivity index (χ3v) is 6.57. The summed E-state index contributed by atoms with van der Waals surface area (Å²) in [6, 6.07) is 11.4. The SMILES string of the molecule is COc1ccc(Cl)cc1NC(=O)CSc1nnc([C@@H](NC(=O)c2ccccc2Cl)C(C)C)n1C. The zero-order chi connectivity index (χ0) is 24.8. The van der Waals surface area contributed by atoms with Gasteiger partial charge >= 0.3 is 0 Å². The Kier molecular flexibility index (Phi) is 8.82. The van der Waals surface area contributed by atoms with Crippen molar-refractivity contribution in [3.05, 3.63) is 63.9 Å². The van der Waals surface area contributed by atoms with Crippen molar-refractivity contribution in [1.29, 1.82) is 0 Å². The van der Waals surface area contributed by atoms with Gasteiger partial charge in [0, 0.05) is 12.1 Å². The van der Waals surface area contributed by atoms with Gasteiger partial charge in [0.2, 0.25) is 5.91 Å². The molecule has 0 aliphatic rings. The number of nitrogens with zero attached hydrogens (tertiary/aromatic N) is 3. The maximum absolute atomic E-state index is 12.8. The average Bonchev–Trinajstić information content (AvgIpc) is 3.16. The fourth-order valence-corrected chi connectivity index (χ4v) is 4.32. The number of benzene rings is 2. The second-order valence-electron chi connectivity index (χ2n) is 7.76. The van der Waals surface area contributed by atoms with E-state index in [9.17, 15) is 9.59 Å². The normalized spacial score (nSPS) is 11.9. The van der Waals surface area contributed by atoms with Crippen molar-refractivity contribution in [3.63, 3.8) is 0 Å². The van der Waals surface area contributed by atoms with E-state index in [1.165, 1.54) is 18.9 Å². The first-order valence-corrected chi connectivity index (χ1v) is 12.2. The van der Waals surface area contributed by atoms with Crippen LogP contribution in [0.1, 0.15) is 36.1 Å². The van der Waals surface area contributed by atoms with Gasteiger partial charge in [-0.25, -0.2) is 0 Å². The number of halogens is 2. The van der Waals surface area contributed by atoms with Crippen molar-refractivity contribution in [3.8, 4) is 5.75 Å². The zero-order valence-corrected chi connectivity index (χ0v) is 21.5. The molecule has 0 saturated heterocycles. The summed E-state index contributed by atoms with van der Waals surface area (Å²) in [6.07, 6.45) is 0. The van der Waals surface area contributed by atoms with Gasteiger partial charge < -0.3 is 19.9 Å². The van der Waals surface area contributed by atoms with Gasteiger partial charge in [-0.2, -0.15) is 0 Å². The summed E-state index contributed by atoms with van der Waals surface area (Å²) in [4.78, 5) is 25.3. The number of thioether (sulfide) groups is 1. The summed E-state index contributed by atoms with van der Waals surface area (Å²) in [6.45, 7) is 3.95. The molecule has 34 heavy (non-hydrogen) atoms. The van der Waals surface area contributed by atoms with Crippen LogP contribution < -0.4 is 15.4 Å². The van der Waals surface area contributed by atoms with E-state index in [4.69, 9.17) is 27.9 Å². The second kappa shape index (κ2) is 11.6. The van der Waals surface area contributed by atoms with Crippen molar-refractivity contribution in [2.24, 2.45) is 13.0 Å². The first-order valence-electron chi connectivity index (χ1n) is 10.4. The van der Waals surface area contributed by atoms with Gasteiger partial charge in [-0.3, -0.25) is 9.59 Å². The quantitative estimate of drug-likeness (QED) is 0.385. The fourth-order valence-electron chi connectivity index (χ4n) is 3.21. The number of aromatic nitrogens is 3. The van der Waals surface area contributed by atoms with E-state index in [0.717, 1.165) is 0 Å². The van der Waals surface area contributed by atoms with Gasteiger partial charge in [-0.05, 0) is 36.2 Å². The topological polar surface area (TPSA) is 98.1 Å². The molecule has 180 valence electrons. The molecule has 1 atom stereocenters. The standard InChI is InChI=1S/C23H25Cl2N5O3S/c1-13(2)20(27-22(32)15-7-5-6-8-16(15)25)21-28-29-23(30(21)3)34-12-19(31)26-17-11-14(24)9-10-18(17)33-4/h5-11,13,20H,12H2,1-4H3,(H,26,31)(H,27,32)/t20-/m0/s1. The lowest BCUT2D eigenvalue weighted by Gasteiger charge is -2.22. The van der Waals surface area contributed by atoms with Crippen LogP contribution in [0.25, 0.3) is 0 Å². The summed E-state index contributed by atoms with van der Waals surface area (Å²) < 4.78 is 7.03. The van der Waals surface area contributed by atoms with Crippen LogP contribution in [0.5, 0.6) is 5.75 Å². The summed E-state index contributed by atoms with van der Waals surface area (Å²) in [5.74, 6) is 0.678. The molecule has 0 saturated carbocycles. The number of ether oxygens (including phenoxy) is 1. The molecule has 8 nitrogen and oxygen atoms in total. The Bertz CT molecular complexity index is 1190. The molecule has 0 aliphatic carbocycles. The number of carbonyl (C=O) groups is 2. The summed E-state index contributed by atoms with van der Waals surface area (Å²) in [5.41, 5.74) is 0.876. The summed E-state index contributed by atoms with van der Waals surface area (Å²) in [5, 5.41) is 15.7. The monoisotopic (exact) mass is 521 g/mol. The molecular weight excluding hydrogens is 497 g/mol. The highest BCUT2D eigenvalue weighted by Crippen LogP contribution is 2.29. The summed E-state index contributed by atoms with van der Waals surface area (Å²) in [7, 11) is 3.32. The van der Waals surface area contributed by atoms with Crippen LogP contribution in [-0.4, -0.2) is 39.4 Å². The van der Waals surface area contributed by atoms with Crippen LogP contribution >= 0.6 is 35.0 Å². The van der Waals surface area contributed by atoms with Crippen LogP contribution in [0.4, 0.5) is 5.69 Å². The predicted octanol–water partition coefficient (Wildman–Crippen LogP) is 4.99. The van der Waals surface area contributed by atoms with E-state index in [-0.39, 0.29) is 23.5 Å². The third-order valence-electron chi connectivity index (χ3n) is 4.99. The molecule has 0 unspecified atom stereocenters. The van der Waals surface area contributed by atoms with Crippen molar-refractivity contribution in [1.82, 2.24) is 20.1 Å². The molecule has 3 aromatic rings. The Morgan fingerprint density at radius 3 is 2.56 bits per heavy atom. The molecule has 0 aliphatic heterocycles. The van der Waals surface area contributed by atoms with Crippen molar-refractivity contribution in [2.45, 2.75) is 25.0 Å². The number of hydrogen-bond acceptors (Lipinski definition) is 6. The zero-order valence-electron chi connectivity index (χ0n) is 19.1. The minimum atomic E-state index is -0.403. The molecule has 3 rings (SSSR count). The van der Waals surface area contributed by atoms with Crippen LogP contribution in [0.2, 0.25) is 10.0 Å². The molecular formula is C23H25Cl2N5O3S. The lowest BCUT2D eigenvalue weighted by Crippen LogP contribution is -2.33. The Balaban J connectivity index is 1.69. The molecule has 1 aromatic heterocycles. The molecule has 2 aromatic carbocycles. The molecule has 2 amide bonds. The number of methoxy groups -OCH3 is 1. The maximum Gasteiger partial charge on any atom is 0.253 e. The Morgan fingerprint density at radius 2 is 1.88 bits per heavy atom. The third kappa shape index (κ3) is 6.22. The molecule has 11 heteroatoms. The van der Waals surface area contributed by atoms with E-state index in [1.54, 1.807) is 54.1 Å². The van der Waals surface area contributed by atoms with E-state index in [1.807, 2.05) is 13.8 Å². The predicted molar refractivity (Wildman–Crippen MR) is 135 cm³/mol. The maximum atomic E-state index is 12.8. The van der Waals surface area contributed by atoms with Gasteiger partial charge in [-0.15, -0.1) is 10.2 Å². The highest BCUT2D eigenvalue weighted by atomic mass is 35.5. The largest absolute Gasteiger partial charge is 0.495 e. The van der Waals surface area contributed by atoms with Crippen LogP contribution in [0.3, 0.4) is 0 Å². The number of amides is 2. The number of nitrogens with one attached hydrogen (secondary N) is 2. The van der Waals surface area contributed by atoms with Gasteiger partial charge in [-0.1, -0.05) is 60.9 Å². The van der Waals surface area contributed by atoms with Crippen LogP contribution in [0.15, 0.2) is 47.6 Å². The lowest BCUT2D eigenvalue weighted by atomic mass is 10.0.